The molecular formula is C33H20N4S. The molecule has 0 saturated heterocycles. The zero-order valence-electron chi connectivity index (χ0n) is 20.2. The third-order valence-corrected chi connectivity index (χ3v) is 8.29. The summed E-state index contributed by atoms with van der Waals surface area (Å²) in [5, 5.41) is 3.64. The molecule has 0 N–H and O–H groups in total. The van der Waals surface area contributed by atoms with E-state index in [0.717, 1.165) is 50.1 Å². The van der Waals surface area contributed by atoms with Crippen LogP contribution in [0.25, 0.3) is 70.3 Å². The van der Waals surface area contributed by atoms with Crippen LogP contribution in [0.3, 0.4) is 0 Å². The molecule has 0 saturated carbocycles. The molecule has 0 unspecified atom stereocenters. The van der Waals surface area contributed by atoms with E-state index in [4.69, 9.17) is 9.97 Å². The summed E-state index contributed by atoms with van der Waals surface area (Å²) < 4.78 is 4.82. The summed E-state index contributed by atoms with van der Waals surface area (Å²) in [6.07, 6.45) is 5.59. The highest BCUT2D eigenvalue weighted by Crippen LogP contribution is 2.42. The second-order valence-electron chi connectivity index (χ2n) is 9.35. The maximum Gasteiger partial charge on any atom is 0.137 e. The first-order valence-corrected chi connectivity index (χ1v) is 13.3. The summed E-state index contributed by atoms with van der Waals surface area (Å²) in [7, 11) is 0. The standard InChI is InChI=1S/C33H20N4S/c1-2-7-21(8-3-1)26-14-15-27-32(36-26)25-13-16-29-31(24-10-4-5-11-28(24)38-29)33(25)37(27)30-17-12-23(20-35-30)22-9-6-18-34-19-22/h1-20H. The molecule has 3 aromatic carbocycles. The summed E-state index contributed by atoms with van der Waals surface area (Å²) in [6.45, 7) is 0. The number of aromatic nitrogens is 4. The topological polar surface area (TPSA) is 43.6 Å². The molecule has 8 aromatic rings. The van der Waals surface area contributed by atoms with E-state index in [2.05, 4.69) is 101 Å². The lowest BCUT2D eigenvalue weighted by atomic mass is 10.1. The van der Waals surface area contributed by atoms with Crippen LogP contribution in [-0.4, -0.2) is 19.5 Å². The van der Waals surface area contributed by atoms with E-state index in [1.807, 2.05) is 35.9 Å². The number of hydrogen-bond acceptors (Lipinski definition) is 4. The van der Waals surface area contributed by atoms with E-state index in [0.29, 0.717) is 0 Å². The van der Waals surface area contributed by atoms with Crippen LogP contribution in [-0.2, 0) is 0 Å². The van der Waals surface area contributed by atoms with Crippen molar-refractivity contribution in [3.05, 3.63) is 122 Å². The van der Waals surface area contributed by atoms with Crippen LogP contribution in [0.5, 0.6) is 0 Å². The van der Waals surface area contributed by atoms with Gasteiger partial charge in [-0.2, -0.15) is 0 Å². The highest BCUT2D eigenvalue weighted by molar-refractivity contribution is 7.26. The second-order valence-corrected chi connectivity index (χ2v) is 10.4. The Balaban J connectivity index is 1.46. The molecule has 0 amide bonds. The maximum absolute atomic E-state index is 5.20. The van der Waals surface area contributed by atoms with Gasteiger partial charge in [0.15, 0.2) is 0 Å². The van der Waals surface area contributed by atoms with E-state index in [9.17, 15) is 0 Å². The zero-order valence-corrected chi connectivity index (χ0v) is 21.1. The van der Waals surface area contributed by atoms with Crippen molar-refractivity contribution in [2.24, 2.45) is 0 Å². The smallest absolute Gasteiger partial charge is 0.137 e. The molecule has 0 aliphatic rings. The Bertz CT molecular complexity index is 2110. The van der Waals surface area contributed by atoms with E-state index < -0.39 is 0 Å². The Hall–Kier alpha value is -4.87. The molecular weight excluding hydrogens is 484 g/mol. The molecule has 178 valence electrons. The van der Waals surface area contributed by atoms with Crippen LogP contribution in [0.2, 0.25) is 0 Å². The molecule has 0 aliphatic heterocycles. The van der Waals surface area contributed by atoms with Gasteiger partial charge in [0.1, 0.15) is 5.82 Å². The molecule has 8 rings (SSSR count). The van der Waals surface area contributed by atoms with Crippen molar-refractivity contribution in [2.45, 2.75) is 0 Å². The average Bonchev–Trinajstić information content (AvgIpc) is 3.53. The van der Waals surface area contributed by atoms with Gasteiger partial charge in [0, 0.05) is 60.8 Å². The minimum atomic E-state index is 0.870. The Morgan fingerprint density at radius 3 is 2.29 bits per heavy atom. The first-order valence-electron chi connectivity index (χ1n) is 12.5. The van der Waals surface area contributed by atoms with Gasteiger partial charge in [-0.1, -0.05) is 54.6 Å². The molecule has 0 radical (unpaired) electrons. The summed E-state index contributed by atoms with van der Waals surface area (Å²) in [4.78, 5) is 14.4. The molecule has 5 aromatic heterocycles. The highest BCUT2D eigenvalue weighted by Gasteiger charge is 2.20. The lowest BCUT2D eigenvalue weighted by Gasteiger charge is -2.09. The van der Waals surface area contributed by atoms with Crippen molar-refractivity contribution in [3.8, 4) is 28.2 Å². The third kappa shape index (κ3) is 3.19. The minimum Gasteiger partial charge on any atom is -0.291 e. The Labute approximate surface area is 222 Å². The number of nitrogens with zero attached hydrogens (tertiary/aromatic N) is 4. The number of rotatable bonds is 3. The lowest BCUT2D eigenvalue weighted by molar-refractivity contribution is 1.08. The fourth-order valence-electron chi connectivity index (χ4n) is 5.40. The molecule has 0 spiro atoms. The first-order chi connectivity index (χ1) is 18.8. The van der Waals surface area contributed by atoms with Gasteiger partial charge in [-0.05, 0) is 48.5 Å². The SMILES string of the molecule is c1ccc(-c2ccc3c(n2)c2ccc4sc5ccccc5c4c2n3-c2ccc(-c3cccnc3)cn2)cc1. The summed E-state index contributed by atoms with van der Waals surface area (Å²) in [5.74, 6) is 0.870. The molecule has 0 fully saturated rings. The van der Waals surface area contributed by atoms with Crippen LogP contribution >= 0.6 is 11.3 Å². The Morgan fingerprint density at radius 1 is 0.605 bits per heavy atom. The monoisotopic (exact) mass is 504 g/mol. The fourth-order valence-corrected chi connectivity index (χ4v) is 6.51. The van der Waals surface area contributed by atoms with Crippen molar-refractivity contribution in [3.63, 3.8) is 0 Å². The third-order valence-electron chi connectivity index (χ3n) is 7.15. The number of pyridine rings is 3. The van der Waals surface area contributed by atoms with Gasteiger partial charge in [-0.15, -0.1) is 11.3 Å². The molecule has 5 heteroatoms. The number of benzene rings is 3. The van der Waals surface area contributed by atoms with Gasteiger partial charge in [0.2, 0.25) is 0 Å². The maximum atomic E-state index is 5.20. The number of fused-ring (bicyclic) bond motifs is 7. The highest BCUT2D eigenvalue weighted by atomic mass is 32.1. The quantitative estimate of drug-likeness (QED) is 0.242. The van der Waals surface area contributed by atoms with E-state index in [-0.39, 0.29) is 0 Å². The molecule has 0 bridgehead atoms. The number of thiophene rings is 1. The predicted octanol–water partition coefficient (Wildman–Crippen LogP) is 8.67. The lowest BCUT2D eigenvalue weighted by Crippen LogP contribution is -1.98. The van der Waals surface area contributed by atoms with Crippen LogP contribution < -0.4 is 0 Å². The van der Waals surface area contributed by atoms with Gasteiger partial charge in [-0.3, -0.25) is 9.55 Å². The van der Waals surface area contributed by atoms with Gasteiger partial charge in [0.25, 0.3) is 0 Å². The minimum absolute atomic E-state index is 0.870. The van der Waals surface area contributed by atoms with E-state index in [1.165, 1.54) is 20.2 Å². The molecule has 5 heterocycles. The van der Waals surface area contributed by atoms with Crippen molar-refractivity contribution in [1.82, 2.24) is 19.5 Å². The number of hydrogen-bond donors (Lipinski definition) is 0. The van der Waals surface area contributed by atoms with Gasteiger partial charge in [-0.25, -0.2) is 9.97 Å². The van der Waals surface area contributed by atoms with Crippen molar-refractivity contribution < 1.29 is 0 Å². The van der Waals surface area contributed by atoms with Crippen LogP contribution in [0.15, 0.2) is 122 Å². The Kier molecular flexibility index (Phi) is 4.66. The first kappa shape index (κ1) is 21.2. The van der Waals surface area contributed by atoms with Crippen LogP contribution in [0.1, 0.15) is 0 Å². The van der Waals surface area contributed by atoms with Crippen LogP contribution in [0, 0.1) is 0 Å². The van der Waals surface area contributed by atoms with Gasteiger partial charge >= 0.3 is 0 Å². The summed E-state index contributed by atoms with van der Waals surface area (Å²) in [5.41, 5.74) is 7.34. The molecule has 4 nitrogen and oxygen atoms in total. The zero-order chi connectivity index (χ0) is 25.1. The van der Waals surface area contributed by atoms with Gasteiger partial charge in [0.05, 0.1) is 22.2 Å². The van der Waals surface area contributed by atoms with E-state index in [1.54, 1.807) is 6.20 Å². The molecule has 0 aliphatic carbocycles. The van der Waals surface area contributed by atoms with Crippen molar-refractivity contribution >= 4 is 53.4 Å². The van der Waals surface area contributed by atoms with E-state index >= 15 is 0 Å². The van der Waals surface area contributed by atoms with Crippen LogP contribution in [0.4, 0.5) is 0 Å². The fraction of sp³-hybridized carbons (Fsp3) is 0. The molecule has 0 atom stereocenters. The van der Waals surface area contributed by atoms with Crippen molar-refractivity contribution in [2.75, 3.05) is 0 Å². The second kappa shape index (κ2) is 8.33. The summed E-state index contributed by atoms with van der Waals surface area (Å²) in [6, 6.07) is 36.0. The van der Waals surface area contributed by atoms with Gasteiger partial charge < -0.3 is 0 Å². The van der Waals surface area contributed by atoms with Crippen molar-refractivity contribution in [1.29, 1.82) is 0 Å². The Morgan fingerprint density at radius 2 is 1.45 bits per heavy atom. The summed E-state index contributed by atoms with van der Waals surface area (Å²) >= 11 is 1.83. The normalized spacial score (nSPS) is 11.7. The predicted molar refractivity (Wildman–Crippen MR) is 158 cm³/mol. The average molecular weight is 505 g/mol. The largest absolute Gasteiger partial charge is 0.291 e. The molecule has 38 heavy (non-hydrogen) atoms.